The Morgan fingerprint density at radius 3 is 2.48 bits per heavy atom. The van der Waals surface area contributed by atoms with E-state index in [-0.39, 0.29) is 21.5 Å². The molecular formula is C19H27ClN2O6S. The maximum Gasteiger partial charge on any atom is 0.309 e. The largest absolute Gasteiger partial charge is 0.452 e. The molecule has 1 N–H and O–H groups in total. The number of ether oxygens (including phenoxy) is 2. The van der Waals surface area contributed by atoms with Gasteiger partial charge < -0.3 is 14.8 Å². The van der Waals surface area contributed by atoms with Crippen LogP contribution in [0.5, 0.6) is 0 Å². The van der Waals surface area contributed by atoms with Gasteiger partial charge in [-0.05, 0) is 38.0 Å². The van der Waals surface area contributed by atoms with Gasteiger partial charge in [-0.3, -0.25) is 9.59 Å². The van der Waals surface area contributed by atoms with Crippen molar-refractivity contribution in [3.05, 3.63) is 23.2 Å². The minimum Gasteiger partial charge on any atom is -0.452 e. The van der Waals surface area contributed by atoms with E-state index >= 15 is 0 Å². The monoisotopic (exact) mass is 446 g/mol. The molecule has 29 heavy (non-hydrogen) atoms. The molecule has 1 amide bonds. The van der Waals surface area contributed by atoms with Gasteiger partial charge in [-0.25, -0.2) is 8.42 Å². The molecule has 0 radical (unpaired) electrons. The van der Waals surface area contributed by atoms with Crippen molar-refractivity contribution in [1.82, 2.24) is 4.31 Å². The number of nitrogens with one attached hydrogen (secondary N) is 1. The van der Waals surface area contributed by atoms with Gasteiger partial charge in [0.05, 0.1) is 21.5 Å². The van der Waals surface area contributed by atoms with Crippen LogP contribution < -0.4 is 5.32 Å². The van der Waals surface area contributed by atoms with E-state index in [1.165, 1.54) is 29.4 Å². The fourth-order valence-corrected chi connectivity index (χ4v) is 4.61. The third-order valence-electron chi connectivity index (χ3n) is 4.76. The van der Waals surface area contributed by atoms with Crippen LogP contribution in [-0.4, -0.2) is 57.0 Å². The number of nitrogens with zero attached hydrogens (tertiary/aromatic N) is 1. The number of halogens is 1. The van der Waals surface area contributed by atoms with Gasteiger partial charge in [-0.2, -0.15) is 4.31 Å². The summed E-state index contributed by atoms with van der Waals surface area (Å²) in [5.41, 5.74) is 0.138. The number of anilines is 1. The fourth-order valence-electron chi connectivity index (χ4n) is 2.96. The second-order valence-corrected chi connectivity index (χ2v) is 9.03. The van der Waals surface area contributed by atoms with Crippen LogP contribution in [0.25, 0.3) is 0 Å². The minimum atomic E-state index is -3.70. The molecule has 0 spiro atoms. The fraction of sp³-hybridized carbons (Fsp3) is 0.579. The maximum atomic E-state index is 12.7. The van der Waals surface area contributed by atoms with Gasteiger partial charge in [-0.1, -0.05) is 25.4 Å². The van der Waals surface area contributed by atoms with Crippen LogP contribution in [0.4, 0.5) is 5.69 Å². The zero-order valence-corrected chi connectivity index (χ0v) is 18.4. The van der Waals surface area contributed by atoms with E-state index in [9.17, 15) is 18.0 Å². The van der Waals surface area contributed by atoms with Gasteiger partial charge >= 0.3 is 5.97 Å². The van der Waals surface area contributed by atoms with E-state index in [1.807, 2.05) is 0 Å². The normalized spacial score (nSPS) is 16.4. The molecule has 0 aliphatic carbocycles. The van der Waals surface area contributed by atoms with Crippen LogP contribution in [0.1, 0.15) is 33.6 Å². The first-order valence-electron chi connectivity index (χ1n) is 9.59. The number of carbonyl (C=O) groups is 2. The maximum absolute atomic E-state index is 12.7. The van der Waals surface area contributed by atoms with Gasteiger partial charge in [0.1, 0.15) is 0 Å². The predicted octanol–water partition coefficient (Wildman–Crippen LogP) is 2.67. The minimum absolute atomic E-state index is 0.0211. The van der Waals surface area contributed by atoms with Crippen LogP contribution in [0.2, 0.25) is 5.02 Å². The zero-order valence-electron chi connectivity index (χ0n) is 16.8. The first-order valence-corrected chi connectivity index (χ1v) is 11.4. The Labute approximate surface area is 176 Å². The molecule has 2 rings (SSSR count). The quantitative estimate of drug-likeness (QED) is 0.616. The second-order valence-electron chi connectivity index (χ2n) is 6.69. The predicted molar refractivity (Wildman–Crippen MR) is 109 cm³/mol. The Hall–Kier alpha value is -1.68. The molecule has 0 bridgehead atoms. The first kappa shape index (κ1) is 23.6. The summed E-state index contributed by atoms with van der Waals surface area (Å²) in [6, 6.07) is 4.10. The van der Waals surface area contributed by atoms with Crippen molar-refractivity contribution in [2.75, 3.05) is 31.6 Å². The SMILES string of the molecule is CCN(CC)S(=O)(=O)c1ccc(Cl)c(NC(=O)C(C)OC(=O)C2CCOCC2)c1. The number of esters is 1. The molecule has 1 saturated heterocycles. The summed E-state index contributed by atoms with van der Waals surface area (Å²) < 4.78 is 37.2. The number of carbonyl (C=O) groups excluding carboxylic acids is 2. The number of amides is 1. The summed E-state index contributed by atoms with van der Waals surface area (Å²) in [5.74, 6) is -1.32. The Balaban J connectivity index is 2.10. The molecule has 10 heteroatoms. The van der Waals surface area contributed by atoms with Gasteiger partial charge in [0, 0.05) is 26.3 Å². The Kier molecular flexibility index (Phi) is 8.45. The zero-order chi connectivity index (χ0) is 21.6. The van der Waals surface area contributed by atoms with Crippen LogP contribution in [0, 0.1) is 5.92 Å². The molecule has 1 heterocycles. The molecule has 162 valence electrons. The van der Waals surface area contributed by atoms with E-state index < -0.39 is 28.0 Å². The molecule has 1 aliphatic heterocycles. The lowest BCUT2D eigenvalue weighted by molar-refractivity contribution is -0.160. The standard InChI is InChI=1S/C19H27ClN2O6S/c1-4-22(5-2)29(25,26)15-6-7-16(20)17(12-15)21-18(23)13(3)28-19(24)14-8-10-27-11-9-14/h6-7,12-14H,4-5,8-11H2,1-3H3,(H,21,23). The molecule has 8 nitrogen and oxygen atoms in total. The highest BCUT2D eigenvalue weighted by atomic mass is 35.5. The van der Waals surface area contributed by atoms with E-state index in [2.05, 4.69) is 5.32 Å². The first-order chi connectivity index (χ1) is 13.7. The average molecular weight is 447 g/mol. The number of sulfonamides is 1. The molecule has 0 saturated carbocycles. The summed E-state index contributed by atoms with van der Waals surface area (Å²) in [4.78, 5) is 24.7. The van der Waals surface area contributed by atoms with Crippen molar-refractivity contribution in [2.45, 2.75) is 44.6 Å². The number of rotatable bonds is 8. The molecule has 1 unspecified atom stereocenters. The summed E-state index contributed by atoms with van der Waals surface area (Å²) in [5, 5.41) is 2.73. The van der Waals surface area contributed by atoms with Crippen molar-refractivity contribution < 1.29 is 27.5 Å². The van der Waals surface area contributed by atoms with Crippen molar-refractivity contribution >= 4 is 39.2 Å². The number of benzene rings is 1. The lowest BCUT2D eigenvalue weighted by atomic mass is 10.0. The van der Waals surface area contributed by atoms with Crippen LogP contribution in [0.15, 0.2) is 23.1 Å². The molecular weight excluding hydrogens is 420 g/mol. The van der Waals surface area contributed by atoms with E-state index in [4.69, 9.17) is 21.1 Å². The highest BCUT2D eigenvalue weighted by Gasteiger charge is 2.28. The molecule has 1 fully saturated rings. The average Bonchev–Trinajstić information content (AvgIpc) is 2.70. The lowest BCUT2D eigenvalue weighted by Crippen LogP contribution is -2.34. The van der Waals surface area contributed by atoms with Crippen LogP contribution in [-0.2, 0) is 29.1 Å². The molecule has 1 aromatic carbocycles. The van der Waals surface area contributed by atoms with Gasteiger partial charge in [0.2, 0.25) is 10.0 Å². The van der Waals surface area contributed by atoms with Crippen molar-refractivity contribution in [2.24, 2.45) is 5.92 Å². The summed E-state index contributed by atoms with van der Waals surface area (Å²) >= 11 is 6.13. The molecule has 1 aliphatic rings. The Morgan fingerprint density at radius 1 is 1.28 bits per heavy atom. The lowest BCUT2D eigenvalue weighted by Gasteiger charge is -2.22. The number of hydrogen-bond donors (Lipinski definition) is 1. The highest BCUT2D eigenvalue weighted by Crippen LogP contribution is 2.27. The van der Waals surface area contributed by atoms with Crippen molar-refractivity contribution in [3.63, 3.8) is 0 Å². The second kappa shape index (κ2) is 10.4. The Bertz CT molecular complexity index is 835. The van der Waals surface area contributed by atoms with Crippen molar-refractivity contribution in [1.29, 1.82) is 0 Å². The highest BCUT2D eigenvalue weighted by molar-refractivity contribution is 7.89. The third-order valence-corrected chi connectivity index (χ3v) is 7.13. The van der Waals surface area contributed by atoms with Crippen LogP contribution in [0.3, 0.4) is 0 Å². The molecule has 0 aromatic heterocycles. The van der Waals surface area contributed by atoms with Gasteiger partial charge in [-0.15, -0.1) is 0 Å². The van der Waals surface area contributed by atoms with E-state index in [1.54, 1.807) is 13.8 Å². The molecule has 1 aromatic rings. The van der Waals surface area contributed by atoms with E-state index in [0.29, 0.717) is 39.1 Å². The number of hydrogen-bond acceptors (Lipinski definition) is 6. The van der Waals surface area contributed by atoms with E-state index in [0.717, 1.165) is 0 Å². The summed E-state index contributed by atoms with van der Waals surface area (Å²) in [6.07, 6.45) is 0.0681. The van der Waals surface area contributed by atoms with Crippen molar-refractivity contribution in [3.8, 4) is 0 Å². The summed E-state index contributed by atoms with van der Waals surface area (Å²) in [7, 11) is -3.70. The van der Waals surface area contributed by atoms with Crippen LogP contribution >= 0.6 is 11.6 Å². The summed E-state index contributed by atoms with van der Waals surface area (Å²) in [6.45, 7) is 6.57. The topological polar surface area (TPSA) is 102 Å². The van der Waals surface area contributed by atoms with Gasteiger partial charge in [0.25, 0.3) is 5.91 Å². The Morgan fingerprint density at radius 2 is 1.90 bits per heavy atom. The smallest absolute Gasteiger partial charge is 0.309 e. The van der Waals surface area contributed by atoms with Gasteiger partial charge in [0.15, 0.2) is 6.10 Å². The third kappa shape index (κ3) is 5.91. The molecule has 1 atom stereocenters.